The summed E-state index contributed by atoms with van der Waals surface area (Å²) in [5, 5.41) is 13.3. The number of aromatic nitrogens is 4. The largest absolute Gasteiger partial charge is 0.319 e. The van der Waals surface area contributed by atoms with Gasteiger partial charge in [0.2, 0.25) is 0 Å². The molecule has 2 aromatic rings. The Kier molecular flexibility index (Phi) is 3.08. The number of nitrogens with one attached hydrogen (secondary N) is 1. The van der Waals surface area contributed by atoms with E-state index in [1.54, 1.807) is 17.7 Å². The van der Waals surface area contributed by atoms with Crippen molar-refractivity contribution in [3.63, 3.8) is 0 Å². The van der Waals surface area contributed by atoms with Gasteiger partial charge in [-0.3, -0.25) is 0 Å². The SMILES string of the molecule is CC(NCc1cscn1)c1nncn1C. The van der Waals surface area contributed by atoms with Crippen LogP contribution in [0.2, 0.25) is 0 Å². The van der Waals surface area contributed by atoms with Crippen molar-refractivity contribution in [2.75, 3.05) is 0 Å². The van der Waals surface area contributed by atoms with E-state index >= 15 is 0 Å². The van der Waals surface area contributed by atoms with E-state index in [-0.39, 0.29) is 6.04 Å². The average Bonchev–Trinajstić information content (AvgIpc) is 2.84. The summed E-state index contributed by atoms with van der Waals surface area (Å²) in [4.78, 5) is 4.21. The second kappa shape index (κ2) is 4.50. The molecule has 1 N–H and O–H groups in total. The minimum Gasteiger partial charge on any atom is -0.319 e. The molecule has 0 radical (unpaired) electrons. The molecular formula is C9H13N5S. The van der Waals surface area contributed by atoms with Crippen LogP contribution in [0.5, 0.6) is 0 Å². The molecule has 0 spiro atoms. The van der Waals surface area contributed by atoms with E-state index < -0.39 is 0 Å². The number of thiazole rings is 1. The molecule has 0 bridgehead atoms. The highest BCUT2D eigenvalue weighted by atomic mass is 32.1. The molecule has 80 valence electrons. The van der Waals surface area contributed by atoms with Crippen LogP contribution in [0.25, 0.3) is 0 Å². The predicted octanol–water partition coefficient (Wildman–Crippen LogP) is 1.12. The van der Waals surface area contributed by atoms with Gasteiger partial charge in [-0.05, 0) is 6.92 Å². The van der Waals surface area contributed by atoms with Gasteiger partial charge in [0.05, 0.1) is 17.2 Å². The van der Waals surface area contributed by atoms with Gasteiger partial charge in [-0.25, -0.2) is 4.98 Å². The van der Waals surface area contributed by atoms with Crippen LogP contribution in [0.15, 0.2) is 17.2 Å². The normalized spacial score (nSPS) is 12.9. The van der Waals surface area contributed by atoms with Crippen LogP contribution in [0, 0.1) is 0 Å². The van der Waals surface area contributed by atoms with Gasteiger partial charge in [-0.1, -0.05) is 0 Å². The summed E-state index contributed by atoms with van der Waals surface area (Å²) in [6.07, 6.45) is 1.70. The summed E-state index contributed by atoms with van der Waals surface area (Å²) in [5.74, 6) is 0.935. The smallest absolute Gasteiger partial charge is 0.149 e. The Morgan fingerprint density at radius 1 is 1.60 bits per heavy atom. The average molecular weight is 223 g/mol. The van der Waals surface area contributed by atoms with Gasteiger partial charge in [-0.2, -0.15) is 0 Å². The van der Waals surface area contributed by atoms with Gasteiger partial charge >= 0.3 is 0 Å². The van der Waals surface area contributed by atoms with E-state index in [0.29, 0.717) is 0 Å². The van der Waals surface area contributed by atoms with E-state index in [0.717, 1.165) is 18.1 Å². The molecule has 0 saturated carbocycles. The second-order valence-corrected chi connectivity index (χ2v) is 4.10. The fraction of sp³-hybridized carbons (Fsp3) is 0.444. The van der Waals surface area contributed by atoms with E-state index in [9.17, 15) is 0 Å². The minimum atomic E-state index is 0.180. The molecule has 2 aromatic heterocycles. The second-order valence-electron chi connectivity index (χ2n) is 3.38. The number of rotatable bonds is 4. The quantitative estimate of drug-likeness (QED) is 0.844. The van der Waals surface area contributed by atoms with Crippen molar-refractivity contribution in [1.82, 2.24) is 25.1 Å². The first-order chi connectivity index (χ1) is 7.27. The Balaban J connectivity index is 1.93. The zero-order valence-electron chi connectivity index (χ0n) is 8.71. The Labute approximate surface area is 92.2 Å². The van der Waals surface area contributed by atoms with Gasteiger partial charge in [0.1, 0.15) is 12.2 Å². The van der Waals surface area contributed by atoms with Crippen molar-refractivity contribution in [2.45, 2.75) is 19.5 Å². The van der Waals surface area contributed by atoms with Crippen molar-refractivity contribution in [2.24, 2.45) is 7.05 Å². The number of nitrogens with zero attached hydrogens (tertiary/aromatic N) is 4. The lowest BCUT2D eigenvalue weighted by atomic mass is 10.3. The lowest BCUT2D eigenvalue weighted by Gasteiger charge is -2.11. The van der Waals surface area contributed by atoms with Crippen LogP contribution in [-0.2, 0) is 13.6 Å². The topological polar surface area (TPSA) is 55.6 Å². The maximum absolute atomic E-state index is 4.21. The highest BCUT2D eigenvalue weighted by Gasteiger charge is 2.10. The van der Waals surface area contributed by atoms with Crippen molar-refractivity contribution in [1.29, 1.82) is 0 Å². The molecule has 15 heavy (non-hydrogen) atoms. The molecule has 0 aliphatic carbocycles. The molecule has 6 heteroatoms. The number of hydrogen-bond donors (Lipinski definition) is 1. The van der Waals surface area contributed by atoms with Crippen LogP contribution in [-0.4, -0.2) is 19.7 Å². The van der Waals surface area contributed by atoms with Gasteiger partial charge in [0, 0.05) is 19.0 Å². The van der Waals surface area contributed by atoms with Crippen molar-refractivity contribution < 1.29 is 0 Å². The molecule has 1 atom stereocenters. The molecular weight excluding hydrogens is 210 g/mol. The van der Waals surface area contributed by atoms with Gasteiger partial charge in [0.25, 0.3) is 0 Å². The maximum Gasteiger partial charge on any atom is 0.149 e. The summed E-state index contributed by atoms with van der Waals surface area (Å²) < 4.78 is 1.92. The molecule has 0 amide bonds. The predicted molar refractivity (Wildman–Crippen MR) is 58.4 cm³/mol. The Morgan fingerprint density at radius 2 is 2.47 bits per heavy atom. The van der Waals surface area contributed by atoms with Crippen molar-refractivity contribution in [3.05, 3.63) is 28.7 Å². The lowest BCUT2D eigenvalue weighted by molar-refractivity contribution is 0.524. The van der Waals surface area contributed by atoms with Gasteiger partial charge in [0.15, 0.2) is 0 Å². The zero-order valence-corrected chi connectivity index (χ0v) is 9.53. The first-order valence-corrected chi connectivity index (χ1v) is 5.66. The van der Waals surface area contributed by atoms with E-state index in [1.807, 2.05) is 22.5 Å². The maximum atomic E-state index is 4.21. The van der Waals surface area contributed by atoms with Gasteiger partial charge in [-0.15, -0.1) is 21.5 Å². The van der Waals surface area contributed by atoms with Crippen LogP contribution in [0.4, 0.5) is 0 Å². The Morgan fingerprint density at radius 3 is 3.07 bits per heavy atom. The first kappa shape index (κ1) is 10.3. The molecule has 2 rings (SSSR count). The molecule has 0 aliphatic rings. The molecule has 1 unspecified atom stereocenters. The number of hydrogen-bond acceptors (Lipinski definition) is 5. The summed E-state index contributed by atoms with van der Waals surface area (Å²) >= 11 is 1.61. The molecule has 2 heterocycles. The van der Waals surface area contributed by atoms with E-state index in [2.05, 4.69) is 27.4 Å². The van der Waals surface area contributed by atoms with Crippen molar-refractivity contribution >= 4 is 11.3 Å². The van der Waals surface area contributed by atoms with E-state index in [4.69, 9.17) is 0 Å². The Bertz CT molecular complexity index is 408. The van der Waals surface area contributed by atoms with Crippen molar-refractivity contribution in [3.8, 4) is 0 Å². The minimum absolute atomic E-state index is 0.180. The third-order valence-corrected chi connectivity index (χ3v) is 2.84. The van der Waals surface area contributed by atoms with Crippen LogP contribution in [0.3, 0.4) is 0 Å². The third-order valence-electron chi connectivity index (χ3n) is 2.21. The molecule has 0 aliphatic heterocycles. The van der Waals surface area contributed by atoms with Crippen LogP contribution < -0.4 is 5.32 Å². The standard InChI is InChI=1S/C9H13N5S/c1-7(9-13-12-5-14(9)2)10-3-8-4-15-6-11-8/h4-7,10H,3H2,1-2H3. The highest BCUT2D eigenvalue weighted by Crippen LogP contribution is 2.08. The molecule has 5 nitrogen and oxygen atoms in total. The molecule has 0 fully saturated rings. The van der Waals surface area contributed by atoms with E-state index in [1.165, 1.54) is 0 Å². The fourth-order valence-electron chi connectivity index (χ4n) is 1.36. The molecule has 0 aromatic carbocycles. The molecule has 0 saturated heterocycles. The lowest BCUT2D eigenvalue weighted by Crippen LogP contribution is -2.21. The first-order valence-electron chi connectivity index (χ1n) is 4.71. The summed E-state index contributed by atoms with van der Waals surface area (Å²) in [6.45, 7) is 2.83. The summed E-state index contributed by atoms with van der Waals surface area (Å²) in [5.41, 5.74) is 2.90. The van der Waals surface area contributed by atoms with Crippen LogP contribution in [0.1, 0.15) is 24.5 Å². The van der Waals surface area contributed by atoms with Crippen LogP contribution >= 0.6 is 11.3 Å². The zero-order chi connectivity index (χ0) is 10.7. The third kappa shape index (κ3) is 2.40. The monoisotopic (exact) mass is 223 g/mol. The summed E-state index contributed by atoms with van der Waals surface area (Å²) in [7, 11) is 1.94. The highest BCUT2D eigenvalue weighted by molar-refractivity contribution is 7.07. The number of aryl methyl sites for hydroxylation is 1. The van der Waals surface area contributed by atoms with Gasteiger partial charge < -0.3 is 9.88 Å². The Hall–Kier alpha value is -1.27. The summed E-state index contributed by atoms with van der Waals surface area (Å²) in [6, 6.07) is 0.180. The fourth-order valence-corrected chi connectivity index (χ4v) is 1.92.